The summed E-state index contributed by atoms with van der Waals surface area (Å²) in [6.45, 7) is 3.16. The van der Waals surface area contributed by atoms with Crippen molar-refractivity contribution in [1.29, 1.82) is 5.26 Å². The summed E-state index contributed by atoms with van der Waals surface area (Å²) < 4.78 is 16.9. The SMILES string of the molecule is Cc1nc(Oc2cc(C#N)ccc2-c2ncc(CN)cn2)cc(OC2COC2)n1. The molecule has 4 rings (SSSR count). The van der Waals surface area contributed by atoms with Crippen molar-refractivity contribution in [2.75, 3.05) is 13.2 Å². The van der Waals surface area contributed by atoms with Gasteiger partial charge in [-0.1, -0.05) is 0 Å². The van der Waals surface area contributed by atoms with Crippen LogP contribution in [0.5, 0.6) is 17.5 Å². The van der Waals surface area contributed by atoms with Gasteiger partial charge in [-0.15, -0.1) is 0 Å². The van der Waals surface area contributed by atoms with Crippen LogP contribution < -0.4 is 15.2 Å². The van der Waals surface area contributed by atoms with Gasteiger partial charge in [-0.3, -0.25) is 0 Å². The Morgan fingerprint density at radius 2 is 1.93 bits per heavy atom. The summed E-state index contributed by atoms with van der Waals surface area (Å²) in [5.74, 6) is 2.06. The van der Waals surface area contributed by atoms with Gasteiger partial charge in [-0.05, 0) is 25.1 Å². The fourth-order valence-electron chi connectivity index (χ4n) is 2.65. The average molecular weight is 390 g/mol. The first-order valence-corrected chi connectivity index (χ1v) is 8.98. The fraction of sp³-hybridized carbons (Fsp3) is 0.250. The lowest BCUT2D eigenvalue weighted by atomic mass is 10.1. The third kappa shape index (κ3) is 4.29. The maximum atomic E-state index is 9.27. The first kappa shape index (κ1) is 18.7. The number of hydrogen-bond donors (Lipinski definition) is 1. The molecule has 0 bridgehead atoms. The van der Waals surface area contributed by atoms with E-state index in [4.69, 9.17) is 19.9 Å². The van der Waals surface area contributed by atoms with Gasteiger partial charge in [-0.2, -0.15) is 15.2 Å². The Bertz CT molecular complexity index is 1060. The van der Waals surface area contributed by atoms with E-state index in [1.54, 1.807) is 43.6 Å². The number of rotatable bonds is 6. The Morgan fingerprint density at radius 1 is 1.17 bits per heavy atom. The molecule has 0 aliphatic carbocycles. The summed E-state index contributed by atoms with van der Waals surface area (Å²) in [6.07, 6.45) is 3.29. The molecule has 1 aliphatic heterocycles. The molecule has 9 heteroatoms. The highest BCUT2D eigenvalue weighted by Crippen LogP contribution is 2.33. The Labute approximate surface area is 167 Å². The minimum absolute atomic E-state index is 0.0240. The normalized spacial score (nSPS) is 13.4. The van der Waals surface area contributed by atoms with E-state index in [-0.39, 0.29) is 6.10 Å². The molecule has 1 saturated heterocycles. The third-order valence-electron chi connectivity index (χ3n) is 4.19. The number of hydrogen-bond acceptors (Lipinski definition) is 9. The monoisotopic (exact) mass is 390 g/mol. The van der Waals surface area contributed by atoms with Gasteiger partial charge in [-0.25, -0.2) is 9.97 Å². The quantitative estimate of drug-likeness (QED) is 0.673. The molecule has 0 unspecified atom stereocenters. The lowest BCUT2D eigenvalue weighted by Gasteiger charge is -2.26. The largest absolute Gasteiger partial charge is 0.469 e. The van der Waals surface area contributed by atoms with Crippen LogP contribution in [0.1, 0.15) is 17.0 Å². The van der Waals surface area contributed by atoms with E-state index in [1.807, 2.05) is 0 Å². The number of aromatic nitrogens is 4. The molecular weight excluding hydrogens is 372 g/mol. The number of nitrogens with zero attached hydrogens (tertiary/aromatic N) is 5. The van der Waals surface area contributed by atoms with Crippen LogP contribution in [0.2, 0.25) is 0 Å². The van der Waals surface area contributed by atoms with Crippen LogP contribution in [0.4, 0.5) is 0 Å². The van der Waals surface area contributed by atoms with Crippen LogP contribution in [0.15, 0.2) is 36.7 Å². The molecular formula is C20H18N6O3. The molecule has 2 aromatic heterocycles. The van der Waals surface area contributed by atoms with E-state index < -0.39 is 0 Å². The second-order valence-electron chi connectivity index (χ2n) is 6.41. The molecule has 29 heavy (non-hydrogen) atoms. The lowest BCUT2D eigenvalue weighted by molar-refractivity contribution is -0.0814. The van der Waals surface area contributed by atoms with Gasteiger partial charge in [0.15, 0.2) is 5.82 Å². The zero-order valence-electron chi connectivity index (χ0n) is 15.7. The Hall–Kier alpha value is -3.61. The van der Waals surface area contributed by atoms with Gasteiger partial charge in [0.2, 0.25) is 11.8 Å². The predicted molar refractivity (Wildman–Crippen MR) is 102 cm³/mol. The molecule has 1 aliphatic rings. The summed E-state index contributed by atoms with van der Waals surface area (Å²) in [5, 5.41) is 9.27. The standard InChI is InChI=1S/C20H18N6O3/c1-12-25-18(28-15-10-27-11-15)5-19(26-12)29-17-4-13(6-21)2-3-16(17)20-23-8-14(7-22)9-24-20/h2-5,8-9,15H,7,10-11,22H2,1H3. The average Bonchev–Trinajstić information content (AvgIpc) is 2.70. The molecule has 0 radical (unpaired) electrons. The summed E-state index contributed by atoms with van der Waals surface area (Å²) in [5.41, 5.74) is 7.49. The number of ether oxygens (including phenoxy) is 3. The lowest BCUT2D eigenvalue weighted by Crippen LogP contribution is -2.38. The molecule has 146 valence electrons. The van der Waals surface area contributed by atoms with Crippen molar-refractivity contribution in [2.24, 2.45) is 5.73 Å². The zero-order chi connectivity index (χ0) is 20.2. The molecule has 1 aromatic carbocycles. The number of aryl methyl sites for hydroxylation is 1. The predicted octanol–water partition coefficient (Wildman–Crippen LogP) is 2.14. The van der Waals surface area contributed by atoms with Crippen molar-refractivity contribution >= 4 is 0 Å². The van der Waals surface area contributed by atoms with Crippen molar-refractivity contribution in [1.82, 2.24) is 19.9 Å². The van der Waals surface area contributed by atoms with Gasteiger partial charge < -0.3 is 19.9 Å². The van der Waals surface area contributed by atoms with Crippen molar-refractivity contribution in [3.63, 3.8) is 0 Å². The maximum absolute atomic E-state index is 9.27. The topological polar surface area (TPSA) is 129 Å². The van der Waals surface area contributed by atoms with E-state index >= 15 is 0 Å². The smallest absolute Gasteiger partial charge is 0.226 e. The molecule has 0 atom stereocenters. The van der Waals surface area contributed by atoms with Crippen LogP contribution in [-0.2, 0) is 11.3 Å². The van der Waals surface area contributed by atoms with Crippen LogP contribution in [0.3, 0.4) is 0 Å². The van der Waals surface area contributed by atoms with Gasteiger partial charge in [0.1, 0.15) is 17.7 Å². The highest BCUT2D eigenvalue weighted by atomic mass is 16.6. The molecule has 0 spiro atoms. The summed E-state index contributed by atoms with van der Waals surface area (Å²) in [7, 11) is 0. The summed E-state index contributed by atoms with van der Waals surface area (Å²) >= 11 is 0. The van der Waals surface area contributed by atoms with Crippen LogP contribution in [0, 0.1) is 18.3 Å². The van der Waals surface area contributed by atoms with Crippen molar-refractivity contribution in [3.05, 3.63) is 53.6 Å². The van der Waals surface area contributed by atoms with Crippen LogP contribution in [-0.4, -0.2) is 39.3 Å². The molecule has 3 aromatic rings. The van der Waals surface area contributed by atoms with Gasteiger partial charge in [0.05, 0.1) is 36.5 Å². The van der Waals surface area contributed by atoms with Crippen molar-refractivity contribution < 1.29 is 14.2 Å². The second kappa shape index (κ2) is 8.18. The Balaban J connectivity index is 1.67. The van der Waals surface area contributed by atoms with Gasteiger partial charge in [0, 0.05) is 24.5 Å². The zero-order valence-corrected chi connectivity index (χ0v) is 15.7. The summed E-state index contributed by atoms with van der Waals surface area (Å²) in [6, 6.07) is 8.75. The van der Waals surface area contributed by atoms with E-state index in [1.165, 1.54) is 0 Å². The van der Waals surface area contributed by atoms with E-state index in [2.05, 4.69) is 26.0 Å². The first-order chi connectivity index (χ1) is 14.1. The van der Waals surface area contributed by atoms with E-state index in [0.29, 0.717) is 60.0 Å². The van der Waals surface area contributed by atoms with E-state index in [0.717, 1.165) is 5.56 Å². The molecule has 3 heterocycles. The maximum Gasteiger partial charge on any atom is 0.226 e. The minimum atomic E-state index is -0.0240. The van der Waals surface area contributed by atoms with Gasteiger partial charge >= 0.3 is 0 Å². The molecule has 2 N–H and O–H groups in total. The highest BCUT2D eigenvalue weighted by molar-refractivity contribution is 5.66. The molecule has 0 amide bonds. The Morgan fingerprint density at radius 3 is 2.59 bits per heavy atom. The molecule has 0 saturated carbocycles. The van der Waals surface area contributed by atoms with Crippen molar-refractivity contribution in [2.45, 2.75) is 19.6 Å². The summed E-state index contributed by atoms with van der Waals surface area (Å²) in [4.78, 5) is 17.3. The molecule has 9 nitrogen and oxygen atoms in total. The number of nitrogens with two attached hydrogens (primary N) is 1. The van der Waals surface area contributed by atoms with Crippen molar-refractivity contribution in [3.8, 4) is 35.0 Å². The van der Waals surface area contributed by atoms with Gasteiger partial charge in [0.25, 0.3) is 0 Å². The van der Waals surface area contributed by atoms with Crippen LogP contribution in [0.25, 0.3) is 11.4 Å². The van der Waals surface area contributed by atoms with Crippen LogP contribution >= 0.6 is 0 Å². The highest BCUT2D eigenvalue weighted by Gasteiger charge is 2.21. The third-order valence-corrected chi connectivity index (χ3v) is 4.19. The minimum Gasteiger partial charge on any atom is -0.469 e. The fourth-order valence-corrected chi connectivity index (χ4v) is 2.65. The second-order valence-corrected chi connectivity index (χ2v) is 6.41. The Kier molecular flexibility index (Phi) is 5.29. The van der Waals surface area contributed by atoms with E-state index in [9.17, 15) is 5.26 Å². The number of nitriles is 1. The molecule has 1 fully saturated rings. The number of benzene rings is 1. The first-order valence-electron chi connectivity index (χ1n) is 8.98.